The van der Waals surface area contributed by atoms with E-state index in [0.29, 0.717) is 19.0 Å². The highest BCUT2D eigenvalue weighted by Gasteiger charge is 2.10. The first kappa shape index (κ1) is 14.5. The Morgan fingerprint density at radius 2 is 1.80 bits per heavy atom. The second-order valence-electron chi connectivity index (χ2n) is 5.06. The molecule has 0 fully saturated rings. The molecule has 3 nitrogen and oxygen atoms in total. The first-order chi connectivity index (χ1) is 9.60. The highest BCUT2D eigenvalue weighted by molar-refractivity contribution is 5.85. The van der Waals surface area contributed by atoms with Crippen molar-refractivity contribution in [1.82, 2.24) is 0 Å². The maximum atomic E-state index is 11.6. The van der Waals surface area contributed by atoms with Gasteiger partial charge in [-0.2, -0.15) is 0 Å². The second kappa shape index (κ2) is 6.53. The summed E-state index contributed by atoms with van der Waals surface area (Å²) < 4.78 is 10.7. The van der Waals surface area contributed by atoms with Crippen LogP contribution in [0.15, 0.2) is 36.4 Å². The lowest BCUT2D eigenvalue weighted by molar-refractivity contribution is -0.137. The minimum absolute atomic E-state index is 0.126. The van der Waals surface area contributed by atoms with E-state index in [9.17, 15) is 4.79 Å². The number of ether oxygens (including phenoxy) is 2. The van der Waals surface area contributed by atoms with Gasteiger partial charge in [-0.15, -0.1) is 0 Å². The summed E-state index contributed by atoms with van der Waals surface area (Å²) in [5.41, 5.74) is 1.14. The molecule has 20 heavy (non-hydrogen) atoms. The molecule has 2 aromatic rings. The Morgan fingerprint density at radius 1 is 1.10 bits per heavy atom. The van der Waals surface area contributed by atoms with Gasteiger partial charge in [0.2, 0.25) is 0 Å². The fourth-order valence-corrected chi connectivity index (χ4v) is 1.88. The van der Waals surface area contributed by atoms with Crippen LogP contribution in [0, 0.1) is 5.92 Å². The third-order valence-corrected chi connectivity index (χ3v) is 3.04. The topological polar surface area (TPSA) is 35.5 Å². The molecule has 2 rings (SSSR count). The van der Waals surface area contributed by atoms with Crippen LogP contribution in [0.1, 0.15) is 26.3 Å². The highest BCUT2D eigenvalue weighted by Crippen LogP contribution is 2.23. The molecule has 0 N–H and O–H groups in total. The van der Waals surface area contributed by atoms with E-state index in [-0.39, 0.29) is 11.9 Å². The normalized spacial score (nSPS) is 11.0. The Labute approximate surface area is 119 Å². The van der Waals surface area contributed by atoms with Crippen molar-refractivity contribution in [2.24, 2.45) is 5.92 Å². The Bertz CT molecular complexity index is 602. The van der Waals surface area contributed by atoms with Crippen LogP contribution in [0.25, 0.3) is 10.8 Å². The number of benzene rings is 2. The first-order valence-electron chi connectivity index (χ1n) is 6.92. The third-order valence-electron chi connectivity index (χ3n) is 3.04. The molecule has 2 aromatic carbocycles. The third kappa shape index (κ3) is 3.58. The minimum Gasteiger partial charge on any atom is -0.426 e. The van der Waals surface area contributed by atoms with Crippen LogP contribution in [-0.4, -0.2) is 12.6 Å². The van der Waals surface area contributed by atoms with Crippen LogP contribution in [-0.2, 0) is 16.1 Å². The zero-order valence-corrected chi connectivity index (χ0v) is 12.2. The zero-order valence-electron chi connectivity index (χ0n) is 12.2. The molecule has 0 aromatic heterocycles. The summed E-state index contributed by atoms with van der Waals surface area (Å²) in [5.74, 6) is 0.255. The van der Waals surface area contributed by atoms with Gasteiger partial charge in [0.15, 0.2) is 0 Å². The van der Waals surface area contributed by atoms with Crippen molar-refractivity contribution in [3.63, 3.8) is 0 Å². The van der Waals surface area contributed by atoms with E-state index in [1.165, 1.54) is 0 Å². The molecule has 0 aliphatic carbocycles. The molecule has 0 amide bonds. The molecule has 0 bridgehead atoms. The molecular weight excluding hydrogens is 252 g/mol. The first-order valence-corrected chi connectivity index (χ1v) is 6.92. The van der Waals surface area contributed by atoms with E-state index in [2.05, 4.69) is 6.07 Å². The van der Waals surface area contributed by atoms with Crippen LogP contribution in [0.4, 0.5) is 0 Å². The summed E-state index contributed by atoms with van der Waals surface area (Å²) in [6.07, 6.45) is 0. The standard InChI is InChI=1S/C17H20O3/c1-4-19-11-13-5-6-15-10-16(8-7-14(15)9-13)20-17(18)12(2)3/h5-10,12H,4,11H2,1-3H3. The van der Waals surface area contributed by atoms with Crippen molar-refractivity contribution >= 4 is 16.7 Å². The summed E-state index contributed by atoms with van der Waals surface area (Å²) in [6.45, 7) is 6.96. The monoisotopic (exact) mass is 272 g/mol. The molecule has 3 heteroatoms. The maximum absolute atomic E-state index is 11.6. The average Bonchev–Trinajstić information content (AvgIpc) is 2.44. The fourth-order valence-electron chi connectivity index (χ4n) is 1.88. The van der Waals surface area contributed by atoms with Gasteiger partial charge in [0.1, 0.15) is 5.75 Å². The molecule has 0 saturated heterocycles. The molecule has 0 saturated carbocycles. The Kier molecular flexibility index (Phi) is 4.74. The Balaban J connectivity index is 2.20. The number of carbonyl (C=O) groups is 1. The minimum atomic E-state index is -0.211. The number of carbonyl (C=O) groups excluding carboxylic acids is 1. The van der Waals surface area contributed by atoms with Gasteiger partial charge in [0.25, 0.3) is 0 Å². The molecule has 0 heterocycles. The van der Waals surface area contributed by atoms with Crippen LogP contribution < -0.4 is 4.74 Å². The van der Waals surface area contributed by atoms with Gasteiger partial charge in [-0.05, 0) is 41.5 Å². The van der Waals surface area contributed by atoms with E-state index in [1.807, 2.05) is 51.1 Å². The van der Waals surface area contributed by atoms with E-state index in [1.54, 1.807) is 0 Å². The second-order valence-corrected chi connectivity index (χ2v) is 5.06. The van der Waals surface area contributed by atoms with Crippen molar-refractivity contribution in [2.75, 3.05) is 6.61 Å². The van der Waals surface area contributed by atoms with E-state index in [4.69, 9.17) is 9.47 Å². The molecule has 0 aliphatic rings. The van der Waals surface area contributed by atoms with Crippen molar-refractivity contribution < 1.29 is 14.3 Å². The van der Waals surface area contributed by atoms with Gasteiger partial charge in [-0.3, -0.25) is 4.79 Å². The summed E-state index contributed by atoms with van der Waals surface area (Å²) in [5, 5.41) is 2.17. The van der Waals surface area contributed by atoms with E-state index >= 15 is 0 Å². The lowest BCUT2D eigenvalue weighted by atomic mass is 10.1. The molecule has 0 aliphatic heterocycles. The average molecular weight is 272 g/mol. The Morgan fingerprint density at radius 3 is 2.50 bits per heavy atom. The van der Waals surface area contributed by atoms with Crippen molar-refractivity contribution in [3.05, 3.63) is 42.0 Å². The lowest BCUT2D eigenvalue weighted by Crippen LogP contribution is -2.14. The quantitative estimate of drug-likeness (QED) is 0.611. The summed E-state index contributed by atoms with van der Waals surface area (Å²) >= 11 is 0. The number of hydrogen-bond acceptors (Lipinski definition) is 3. The number of esters is 1. The molecule has 0 radical (unpaired) electrons. The summed E-state index contributed by atoms with van der Waals surface area (Å²) in [6, 6.07) is 11.8. The summed E-state index contributed by atoms with van der Waals surface area (Å²) in [4.78, 5) is 11.6. The summed E-state index contributed by atoms with van der Waals surface area (Å²) in [7, 11) is 0. The van der Waals surface area contributed by atoms with Crippen LogP contribution in [0.3, 0.4) is 0 Å². The number of hydrogen-bond donors (Lipinski definition) is 0. The predicted octanol–water partition coefficient (Wildman–Crippen LogP) is 3.94. The molecule has 0 unspecified atom stereocenters. The molecule has 0 spiro atoms. The van der Waals surface area contributed by atoms with E-state index in [0.717, 1.165) is 16.3 Å². The number of rotatable bonds is 5. The van der Waals surface area contributed by atoms with Gasteiger partial charge in [0, 0.05) is 6.61 Å². The van der Waals surface area contributed by atoms with Gasteiger partial charge in [-0.1, -0.05) is 32.0 Å². The zero-order chi connectivity index (χ0) is 14.5. The van der Waals surface area contributed by atoms with Crippen LogP contribution in [0.2, 0.25) is 0 Å². The lowest BCUT2D eigenvalue weighted by Gasteiger charge is -2.08. The van der Waals surface area contributed by atoms with Crippen molar-refractivity contribution in [2.45, 2.75) is 27.4 Å². The highest BCUT2D eigenvalue weighted by atomic mass is 16.5. The van der Waals surface area contributed by atoms with Gasteiger partial charge in [-0.25, -0.2) is 0 Å². The van der Waals surface area contributed by atoms with Crippen molar-refractivity contribution in [3.8, 4) is 5.75 Å². The predicted molar refractivity (Wildman–Crippen MR) is 79.8 cm³/mol. The van der Waals surface area contributed by atoms with Gasteiger partial charge in [0.05, 0.1) is 12.5 Å². The van der Waals surface area contributed by atoms with E-state index < -0.39 is 0 Å². The SMILES string of the molecule is CCOCc1ccc2cc(OC(=O)C(C)C)ccc2c1. The fraction of sp³-hybridized carbons (Fsp3) is 0.353. The smallest absolute Gasteiger partial charge is 0.313 e. The maximum Gasteiger partial charge on any atom is 0.313 e. The Hall–Kier alpha value is -1.87. The van der Waals surface area contributed by atoms with Crippen LogP contribution >= 0.6 is 0 Å². The van der Waals surface area contributed by atoms with Crippen LogP contribution in [0.5, 0.6) is 5.75 Å². The number of fused-ring (bicyclic) bond motifs is 1. The van der Waals surface area contributed by atoms with Gasteiger partial charge < -0.3 is 9.47 Å². The molecular formula is C17H20O3. The molecule has 0 atom stereocenters. The van der Waals surface area contributed by atoms with Crippen molar-refractivity contribution in [1.29, 1.82) is 0 Å². The van der Waals surface area contributed by atoms with Gasteiger partial charge >= 0.3 is 5.97 Å². The largest absolute Gasteiger partial charge is 0.426 e. The molecule has 106 valence electrons.